The van der Waals surface area contributed by atoms with Gasteiger partial charge in [0.25, 0.3) is 5.91 Å². The third-order valence-corrected chi connectivity index (χ3v) is 4.47. The van der Waals surface area contributed by atoms with Gasteiger partial charge in [-0.3, -0.25) is 9.59 Å². The maximum Gasteiger partial charge on any atom is 0.251 e. The molecule has 0 aliphatic carbocycles. The molecule has 0 spiro atoms. The Morgan fingerprint density at radius 2 is 1.92 bits per heavy atom. The molecule has 0 saturated carbocycles. The minimum absolute atomic E-state index is 0.0537. The summed E-state index contributed by atoms with van der Waals surface area (Å²) in [6.07, 6.45) is 1.55. The Kier molecular flexibility index (Phi) is 6.23. The van der Waals surface area contributed by atoms with Gasteiger partial charge in [-0.15, -0.1) is 0 Å². The minimum Gasteiger partial charge on any atom is -0.369 e. The van der Waals surface area contributed by atoms with E-state index in [-0.39, 0.29) is 17.9 Å². The second-order valence-electron chi connectivity index (χ2n) is 6.74. The van der Waals surface area contributed by atoms with Gasteiger partial charge in [-0.2, -0.15) is 0 Å². The fourth-order valence-electron chi connectivity index (χ4n) is 3.23. The number of benzene rings is 1. The summed E-state index contributed by atoms with van der Waals surface area (Å²) in [6.45, 7) is 10.7. The standard InChI is InChI=1S/C19H29N3O2/c1-5-22(14(2)3)17-10-8-16(9-11-17)19(24)20-15(4)13-21-12-6-7-18(21)23/h8-11,14-15H,5-7,12-13H2,1-4H3,(H,20,24)/t15-/m0/s1. The largest absolute Gasteiger partial charge is 0.369 e. The highest BCUT2D eigenvalue weighted by Crippen LogP contribution is 2.18. The number of nitrogens with zero attached hydrogens (tertiary/aromatic N) is 2. The Morgan fingerprint density at radius 1 is 1.25 bits per heavy atom. The van der Waals surface area contributed by atoms with E-state index in [2.05, 4.69) is 31.0 Å². The van der Waals surface area contributed by atoms with E-state index in [4.69, 9.17) is 0 Å². The van der Waals surface area contributed by atoms with Crippen LogP contribution in [-0.2, 0) is 4.79 Å². The quantitative estimate of drug-likeness (QED) is 0.836. The summed E-state index contributed by atoms with van der Waals surface area (Å²) in [6, 6.07) is 8.09. The van der Waals surface area contributed by atoms with Crippen molar-refractivity contribution in [2.45, 2.75) is 52.6 Å². The Balaban J connectivity index is 1.93. The summed E-state index contributed by atoms with van der Waals surface area (Å²) in [5, 5.41) is 2.98. The first-order valence-electron chi connectivity index (χ1n) is 8.87. The van der Waals surface area contributed by atoms with Crippen molar-refractivity contribution in [2.24, 2.45) is 0 Å². The first kappa shape index (κ1) is 18.3. The summed E-state index contributed by atoms with van der Waals surface area (Å²) >= 11 is 0. The highest BCUT2D eigenvalue weighted by Gasteiger charge is 2.22. The molecule has 5 nitrogen and oxygen atoms in total. The number of carbonyl (C=O) groups is 2. The molecule has 0 radical (unpaired) electrons. The minimum atomic E-state index is -0.0895. The van der Waals surface area contributed by atoms with Crippen molar-refractivity contribution in [3.05, 3.63) is 29.8 Å². The van der Waals surface area contributed by atoms with Crippen LogP contribution in [0.25, 0.3) is 0 Å². The van der Waals surface area contributed by atoms with E-state index in [1.807, 2.05) is 36.1 Å². The number of rotatable bonds is 7. The Bertz CT molecular complexity index is 568. The number of amides is 2. The molecule has 1 aliphatic heterocycles. The molecule has 1 aromatic carbocycles. The first-order chi connectivity index (χ1) is 11.4. The molecule has 0 aromatic heterocycles. The Hall–Kier alpha value is -2.04. The topological polar surface area (TPSA) is 52.7 Å². The van der Waals surface area contributed by atoms with Crippen LogP contribution in [0.2, 0.25) is 0 Å². The van der Waals surface area contributed by atoms with Crippen LogP contribution in [-0.4, -0.2) is 48.4 Å². The van der Waals surface area contributed by atoms with Gasteiger partial charge in [0.1, 0.15) is 0 Å². The molecular formula is C19H29N3O2. The lowest BCUT2D eigenvalue weighted by Gasteiger charge is -2.27. The van der Waals surface area contributed by atoms with E-state index < -0.39 is 0 Å². The molecule has 1 N–H and O–H groups in total. The third kappa shape index (κ3) is 4.49. The fraction of sp³-hybridized carbons (Fsp3) is 0.579. The zero-order valence-corrected chi connectivity index (χ0v) is 15.2. The van der Waals surface area contributed by atoms with Gasteiger partial charge in [0.05, 0.1) is 0 Å². The van der Waals surface area contributed by atoms with Gasteiger partial charge in [0.2, 0.25) is 5.91 Å². The van der Waals surface area contributed by atoms with Crippen molar-refractivity contribution in [1.82, 2.24) is 10.2 Å². The van der Waals surface area contributed by atoms with Gasteiger partial charge < -0.3 is 15.1 Å². The molecule has 1 aromatic rings. The Morgan fingerprint density at radius 3 is 2.42 bits per heavy atom. The molecule has 2 amide bonds. The van der Waals surface area contributed by atoms with Gasteiger partial charge in [0.15, 0.2) is 0 Å². The van der Waals surface area contributed by atoms with Gasteiger partial charge in [-0.05, 0) is 58.4 Å². The van der Waals surface area contributed by atoms with E-state index in [0.717, 1.165) is 25.2 Å². The highest BCUT2D eigenvalue weighted by molar-refractivity contribution is 5.94. The zero-order chi connectivity index (χ0) is 17.7. The van der Waals surface area contributed by atoms with E-state index >= 15 is 0 Å². The number of carbonyl (C=O) groups excluding carboxylic acids is 2. The lowest BCUT2D eigenvalue weighted by Crippen LogP contribution is -2.42. The van der Waals surface area contributed by atoms with Crippen molar-refractivity contribution in [2.75, 3.05) is 24.5 Å². The SMILES string of the molecule is CCN(c1ccc(C(=O)N[C@@H](C)CN2CCCC2=O)cc1)C(C)C. The molecule has 1 atom stereocenters. The van der Waals surface area contributed by atoms with Gasteiger partial charge in [0, 0.05) is 49.4 Å². The molecule has 2 rings (SSSR count). The summed E-state index contributed by atoms with van der Waals surface area (Å²) in [5.74, 6) is 0.0992. The molecule has 1 aliphatic rings. The van der Waals surface area contributed by atoms with Crippen molar-refractivity contribution in [1.29, 1.82) is 0 Å². The van der Waals surface area contributed by atoms with Gasteiger partial charge in [-0.25, -0.2) is 0 Å². The average molecular weight is 331 g/mol. The average Bonchev–Trinajstić information content (AvgIpc) is 2.93. The van der Waals surface area contributed by atoms with Gasteiger partial charge >= 0.3 is 0 Å². The van der Waals surface area contributed by atoms with Crippen LogP contribution < -0.4 is 10.2 Å². The summed E-state index contributed by atoms with van der Waals surface area (Å²) in [4.78, 5) is 28.1. The van der Waals surface area contributed by atoms with Crippen molar-refractivity contribution in [3.8, 4) is 0 Å². The maximum absolute atomic E-state index is 12.4. The normalized spacial score (nSPS) is 15.7. The van der Waals surface area contributed by atoms with E-state index in [0.29, 0.717) is 24.6 Å². The van der Waals surface area contributed by atoms with Gasteiger partial charge in [-0.1, -0.05) is 0 Å². The zero-order valence-electron chi connectivity index (χ0n) is 15.2. The second-order valence-corrected chi connectivity index (χ2v) is 6.74. The third-order valence-electron chi connectivity index (χ3n) is 4.47. The van der Waals surface area contributed by atoms with Crippen LogP contribution in [0.1, 0.15) is 50.9 Å². The summed E-state index contributed by atoms with van der Waals surface area (Å²) in [5.41, 5.74) is 1.78. The highest BCUT2D eigenvalue weighted by atomic mass is 16.2. The van der Waals surface area contributed by atoms with Crippen LogP contribution in [0.3, 0.4) is 0 Å². The van der Waals surface area contributed by atoms with Crippen LogP contribution in [0.4, 0.5) is 5.69 Å². The first-order valence-corrected chi connectivity index (χ1v) is 8.87. The summed E-state index contributed by atoms with van der Waals surface area (Å²) < 4.78 is 0. The van der Waals surface area contributed by atoms with Crippen molar-refractivity contribution < 1.29 is 9.59 Å². The molecule has 1 saturated heterocycles. The smallest absolute Gasteiger partial charge is 0.251 e. The van der Waals surface area contributed by atoms with Crippen LogP contribution in [0, 0.1) is 0 Å². The lowest BCUT2D eigenvalue weighted by molar-refractivity contribution is -0.127. The maximum atomic E-state index is 12.4. The number of hydrogen-bond acceptors (Lipinski definition) is 3. The fourth-order valence-corrected chi connectivity index (χ4v) is 3.23. The van der Waals surface area contributed by atoms with Crippen LogP contribution in [0.5, 0.6) is 0 Å². The predicted molar refractivity (Wildman–Crippen MR) is 97.3 cm³/mol. The van der Waals surface area contributed by atoms with Crippen molar-refractivity contribution >= 4 is 17.5 Å². The second kappa shape index (κ2) is 8.18. The number of nitrogens with one attached hydrogen (secondary N) is 1. The van der Waals surface area contributed by atoms with E-state index in [1.165, 1.54) is 0 Å². The van der Waals surface area contributed by atoms with E-state index in [9.17, 15) is 9.59 Å². The molecule has 1 heterocycles. The Labute approximate surface area is 145 Å². The molecule has 132 valence electrons. The lowest BCUT2D eigenvalue weighted by atomic mass is 10.1. The van der Waals surface area contributed by atoms with Crippen LogP contribution >= 0.6 is 0 Å². The number of anilines is 1. The molecule has 1 fully saturated rings. The number of likely N-dealkylation sites (tertiary alicyclic amines) is 1. The molecule has 0 bridgehead atoms. The number of hydrogen-bond donors (Lipinski definition) is 1. The van der Waals surface area contributed by atoms with Crippen molar-refractivity contribution in [3.63, 3.8) is 0 Å². The monoisotopic (exact) mass is 331 g/mol. The summed E-state index contributed by atoms with van der Waals surface area (Å²) in [7, 11) is 0. The molecular weight excluding hydrogens is 302 g/mol. The predicted octanol–water partition coefficient (Wildman–Crippen LogP) is 2.66. The van der Waals surface area contributed by atoms with Crippen LogP contribution in [0.15, 0.2) is 24.3 Å². The van der Waals surface area contributed by atoms with E-state index in [1.54, 1.807) is 0 Å². The molecule has 24 heavy (non-hydrogen) atoms. The molecule has 5 heteroatoms. The molecule has 0 unspecified atom stereocenters.